The highest BCUT2D eigenvalue weighted by molar-refractivity contribution is 7.45. The van der Waals surface area contributed by atoms with E-state index in [2.05, 4.69) is 26.0 Å². The summed E-state index contributed by atoms with van der Waals surface area (Å²) in [6.45, 7) is 6.30. The Hall–Kier alpha value is -1.72. The van der Waals surface area contributed by atoms with Gasteiger partial charge >= 0.3 is 27.8 Å². The number of benzene rings is 2. The standard InChI is InChI=1S/2C23H31Cl2NO3.2H3O4P/c2*1-23-9-8-18-17-5-3-16(29-22(28)26(12-10-24)13-11-25)14-15(17)2-4-19(18)20(23)6-7-21(23)27;2*1-5(2,3)4/h2*3,5,14,18-21,27H,2,4,6-13H2,1H3;2*(H3,1,2,3,4)/t2*18-,19-,20+,21+,23+;;/m11../s1. The van der Waals surface area contributed by atoms with Gasteiger partial charge in [-0.15, -0.1) is 46.4 Å². The summed E-state index contributed by atoms with van der Waals surface area (Å²) in [4.78, 5) is 71.1. The summed E-state index contributed by atoms with van der Waals surface area (Å²) in [6.07, 6.45) is 12.0. The number of hydrogen-bond acceptors (Lipinski definition) is 8. The van der Waals surface area contributed by atoms with Gasteiger partial charge in [-0.1, -0.05) is 26.0 Å². The van der Waals surface area contributed by atoms with Crippen LogP contribution >= 0.6 is 62.0 Å². The lowest BCUT2D eigenvalue weighted by Gasteiger charge is -2.50. The molecule has 0 aliphatic heterocycles. The number of fused-ring (bicyclic) bond motifs is 10. The zero-order valence-corrected chi connectivity index (χ0v) is 43.4. The summed E-state index contributed by atoms with van der Waals surface area (Å²) in [7, 11) is -9.28. The van der Waals surface area contributed by atoms with Crippen LogP contribution in [0.15, 0.2) is 36.4 Å². The number of halogens is 4. The number of alkyl halides is 4. The minimum Gasteiger partial charge on any atom is -0.410 e. The van der Waals surface area contributed by atoms with Gasteiger partial charge in [0.25, 0.3) is 0 Å². The molecule has 2 aromatic rings. The van der Waals surface area contributed by atoms with E-state index < -0.39 is 27.8 Å². The van der Waals surface area contributed by atoms with Gasteiger partial charge in [0.15, 0.2) is 0 Å². The molecule has 0 bridgehead atoms. The van der Waals surface area contributed by atoms with Crippen molar-refractivity contribution in [2.24, 2.45) is 34.5 Å². The number of nitrogens with zero attached hydrogens (tertiary/aromatic N) is 2. The second-order valence-corrected chi connectivity index (χ2v) is 22.9. The Morgan fingerprint density at radius 2 is 0.897 bits per heavy atom. The topological polar surface area (TPSA) is 255 Å². The van der Waals surface area contributed by atoms with Crippen LogP contribution in [0.25, 0.3) is 0 Å². The second kappa shape index (κ2) is 24.8. The molecule has 4 saturated carbocycles. The minimum atomic E-state index is -4.64. The molecule has 0 heterocycles. The van der Waals surface area contributed by atoms with E-state index in [1.165, 1.54) is 22.3 Å². The number of amides is 2. The summed E-state index contributed by atoms with van der Waals surface area (Å²) >= 11 is 23.2. The van der Waals surface area contributed by atoms with E-state index in [1.54, 1.807) is 9.80 Å². The van der Waals surface area contributed by atoms with Gasteiger partial charge in [0.05, 0.1) is 12.2 Å². The molecule has 6 aliphatic rings. The van der Waals surface area contributed by atoms with Gasteiger partial charge in [0.1, 0.15) is 11.5 Å². The number of phosphoric acid groups is 2. The lowest BCUT2D eigenvalue weighted by Crippen LogP contribution is -2.43. The van der Waals surface area contributed by atoms with Crippen molar-refractivity contribution >= 4 is 74.2 Å². The number of rotatable bonds is 10. The van der Waals surface area contributed by atoms with E-state index >= 15 is 0 Å². The van der Waals surface area contributed by atoms with Crippen molar-refractivity contribution in [3.05, 3.63) is 58.7 Å². The van der Waals surface area contributed by atoms with Crippen molar-refractivity contribution in [3.8, 4) is 11.5 Å². The van der Waals surface area contributed by atoms with Gasteiger partial charge in [0, 0.05) is 49.7 Å². The molecular weight excluding hydrogens is 1010 g/mol. The predicted octanol–water partition coefficient (Wildman–Crippen LogP) is 8.51. The summed E-state index contributed by atoms with van der Waals surface area (Å²) in [6, 6.07) is 12.3. The van der Waals surface area contributed by atoms with Crippen LogP contribution in [0.3, 0.4) is 0 Å². The zero-order chi connectivity index (χ0) is 50.2. The molecule has 0 unspecified atom stereocenters. The highest BCUT2D eigenvalue weighted by Gasteiger charge is 2.55. The van der Waals surface area contributed by atoms with Crippen LogP contribution in [-0.2, 0) is 22.0 Å². The van der Waals surface area contributed by atoms with Crippen molar-refractivity contribution < 1.29 is 67.8 Å². The maximum atomic E-state index is 12.4. The van der Waals surface area contributed by atoms with Gasteiger partial charge in [0.2, 0.25) is 0 Å². The summed E-state index contributed by atoms with van der Waals surface area (Å²) < 4.78 is 29.0. The lowest BCUT2D eigenvalue weighted by atomic mass is 9.55. The smallest absolute Gasteiger partial charge is 0.410 e. The van der Waals surface area contributed by atoms with Gasteiger partial charge in [-0.25, -0.2) is 18.7 Å². The van der Waals surface area contributed by atoms with Gasteiger partial charge in [-0.3, -0.25) is 0 Å². The Bertz CT molecular complexity index is 1940. The Morgan fingerprint density at radius 1 is 0.574 bits per heavy atom. The molecule has 0 radical (unpaired) electrons. The molecule has 68 heavy (non-hydrogen) atoms. The predicted molar refractivity (Wildman–Crippen MR) is 261 cm³/mol. The molecule has 4 fully saturated rings. The Kier molecular flexibility index (Phi) is 20.9. The molecule has 8 N–H and O–H groups in total. The van der Waals surface area contributed by atoms with E-state index in [0.717, 1.165) is 77.0 Å². The lowest BCUT2D eigenvalue weighted by molar-refractivity contribution is -0.0226. The number of aliphatic hydroxyl groups excluding tert-OH is 2. The summed E-state index contributed by atoms with van der Waals surface area (Å²) in [5, 5.41) is 21.1. The van der Waals surface area contributed by atoms with Crippen LogP contribution in [0, 0.1) is 34.5 Å². The first-order chi connectivity index (χ1) is 31.9. The minimum absolute atomic E-state index is 0.0996. The first-order valence-electron chi connectivity index (χ1n) is 23.3. The molecule has 6 aliphatic carbocycles. The van der Waals surface area contributed by atoms with E-state index in [-0.39, 0.29) is 23.0 Å². The average molecular weight is 1080 g/mol. The third-order valence-corrected chi connectivity index (χ3v) is 16.3. The van der Waals surface area contributed by atoms with Gasteiger partial charge in [-0.05, 0) is 170 Å². The third-order valence-electron chi connectivity index (χ3n) is 15.6. The number of aryl methyl sites for hydroxylation is 2. The normalized spacial score (nSPS) is 29.7. The van der Waals surface area contributed by atoms with Gasteiger partial charge in [-0.2, -0.15) is 0 Å². The largest absolute Gasteiger partial charge is 0.466 e. The van der Waals surface area contributed by atoms with Crippen LogP contribution in [0.1, 0.15) is 112 Å². The molecule has 0 spiro atoms. The molecule has 22 heteroatoms. The van der Waals surface area contributed by atoms with E-state index in [1.807, 2.05) is 24.3 Å². The maximum Gasteiger partial charge on any atom is 0.466 e. The van der Waals surface area contributed by atoms with Crippen molar-refractivity contribution in [2.75, 3.05) is 49.7 Å². The molecule has 384 valence electrons. The molecule has 10 atom stereocenters. The van der Waals surface area contributed by atoms with E-state index in [0.29, 0.717) is 96.7 Å². The molecule has 0 aromatic heterocycles. The number of ether oxygens (including phenoxy) is 2. The van der Waals surface area contributed by atoms with Crippen LogP contribution in [0.5, 0.6) is 11.5 Å². The molecular formula is C46H68Cl4N2O14P2. The molecule has 0 saturated heterocycles. The zero-order valence-electron chi connectivity index (χ0n) is 38.6. The monoisotopic (exact) mass is 1070 g/mol. The van der Waals surface area contributed by atoms with E-state index in [4.69, 9.17) is 94.4 Å². The average Bonchev–Trinajstić information content (AvgIpc) is 3.75. The SMILES string of the molecule is C[C@]12CC[C@@H]3c4ccc(OC(=O)N(CCCl)CCCl)cc4CC[C@H]3[C@@H]1CC[C@@H]2O.C[C@]12CC[C@@H]3c4ccc(OC(=O)N(CCCl)CCCl)cc4CC[C@H]3[C@@H]1CC[C@@H]2O.O=P(O)(O)O.O=P(O)(O)O. The van der Waals surface area contributed by atoms with Crippen LogP contribution in [-0.4, -0.2) is 123 Å². The molecule has 8 rings (SSSR count). The van der Waals surface area contributed by atoms with Crippen LogP contribution < -0.4 is 9.47 Å². The number of carbonyl (C=O) groups excluding carboxylic acids is 2. The highest BCUT2D eigenvalue weighted by Crippen LogP contribution is 2.62. The first-order valence-corrected chi connectivity index (χ1v) is 28.6. The second-order valence-electron chi connectivity index (χ2n) is 19.3. The highest BCUT2D eigenvalue weighted by atomic mass is 35.5. The molecule has 2 amide bonds. The quantitative estimate of drug-likeness (QED) is 0.0820. The van der Waals surface area contributed by atoms with Gasteiger partial charge < -0.3 is 58.8 Å². The Balaban J connectivity index is 0.000000212. The van der Waals surface area contributed by atoms with Crippen molar-refractivity contribution in [1.29, 1.82) is 0 Å². The van der Waals surface area contributed by atoms with Crippen molar-refractivity contribution in [3.63, 3.8) is 0 Å². The van der Waals surface area contributed by atoms with Crippen molar-refractivity contribution in [1.82, 2.24) is 9.80 Å². The molecule has 16 nitrogen and oxygen atoms in total. The van der Waals surface area contributed by atoms with Crippen LogP contribution in [0.2, 0.25) is 0 Å². The first kappa shape index (κ1) is 57.2. The fourth-order valence-electron chi connectivity index (χ4n) is 12.5. The van der Waals surface area contributed by atoms with E-state index in [9.17, 15) is 19.8 Å². The number of hydrogen-bond donors (Lipinski definition) is 8. The van der Waals surface area contributed by atoms with Crippen LogP contribution in [0.4, 0.5) is 9.59 Å². The Morgan fingerprint density at radius 3 is 1.21 bits per heavy atom. The number of aliphatic hydroxyl groups is 2. The fourth-order valence-corrected chi connectivity index (χ4v) is 13.3. The number of carbonyl (C=O) groups is 2. The maximum absolute atomic E-state index is 12.4. The third kappa shape index (κ3) is 14.7. The summed E-state index contributed by atoms with van der Waals surface area (Å²) in [5.74, 6) is 6.32. The fraction of sp³-hybridized carbons (Fsp3) is 0.696. The summed E-state index contributed by atoms with van der Waals surface area (Å²) in [5.41, 5.74) is 5.65. The Labute approximate surface area is 419 Å². The van der Waals surface area contributed by atoms with Crippen molar-refractivity contribution in [2.45, 2.75) is 115 Å². The molecule has 2 aromatic carbocycles.